The Hall–Kier alpha value is -3.08. The Labute approximate surface area is 173 Å². The molecule has 0 amide bonds. The first kappa shape index (κ1) is 19.7. The lowest BCUT2D eigenvalue weighted by molar-refractivity contribution is -0.384. The van der Waals surface area contributed by atoms with Gasteiger partial charge in [0.05, 0.1) is 14.7 Å². The fraction of sp³-hybridized carbons (Fsp3) is 0.0526. The third-order valence-corrected chi connectivity index (χ3v) is 4.51. The summed E-state index contributed by atoms with van der Waals surface area (Å²) in [5.41, 5.74) is 3.65. The Morgan fingerprint density at radius 1 is 1.25 bits per heavy atom. The molecule has 0 aliphatic rings. The molecule has 0 aliphatic heterocycles. The molecule has 3 rings (SSSR count). The normalized spacial score (nSPS) is 10.8. The monoisotopic (exact) mass is 492 g/mol. The number of benzene rings is 2. The molecule has 0 fully saturated rings. The van der Waals surface area contributed by atoms with Crippen molar-refractivity contribution in [2.75, 3.05) is 5.43 Å². The van der Waals surface area contributed by atoms with Gasteiger partial charge in [0.2, 0.25) is 5.82 Å². The predicted octanol–water partition coefficient (Wildman–Crippen LogP) is 4.76. The van der Waals surface area contributed by atoms with Crippen molar-refractivity contribution in [2.45, 2.75) is 6.61 Å². The highest BCUT2D eigenvalue weighted by Crippen LogP contribution is 2.23. The number of halogens is 2. The van der Waals surface area contributed by atoms with Crippen LogP contribution in [-0.4, -0.2) is 16.1 Å². The van der Waals surface area contributed by atoms with Gasteiger partial charge in [-0.15, -0.1) is 0 Å². The molecule has 0 bridgehead atoms. The molecule has 2 aromatic carbocycles. The molecule has 7 nitrogen and oxygen atoms in total. The van der Waals surface area contributed by atoms with Gasteiger partial charge in [0, 0.05) is 17.8 Å². The van der Waals surface area contributed by atoms with Gasteiger partial charge in [-0.1, -0.05) is 18.2 Å². The van der Waals surface area contributed by atoms with Crippen molar-refractivity contribution in [1.29, 1.82) is 0 Å². The van der Waals surface area contributed by atoms with E-state index in [1.165, 1.54) is 30.6 Å². The number of nitrogens with one attached hydrogen (secondary N) is 1. The summed E-state index contributed by atoms with van der Waals surface area (Å²) in [4.78, 5) is 14.3. The van der Waals surface area contributed by atoms with E-state index in [1.807, 2.05) is 6.07 Å². The summed E-state index contributed by atoms with van der Waals surface area (Å²) in [6.07, 6.45) is 2.96. The highest BCUT2D eigenvalue weighted by Gasteiger charge is 2.13. The van der Waals surface area contributed by atoms with Gasteiger partial charge in [-0.05, 0) is 58.5 Å². The molecule has 142 valence electrons. The quantitative estimate of drug-likeness (QED) is 0.223. The summed E-state index contributed by atoms with van der Waals surface area (Å²) in [6, 6.07) is 14.6. The molecule has 1 heterocycles. The number of rotatable bonds is 7. The van der Waals surface area contributed by atoms with Crippen molar-refractivity contribution in [3.05, 3.63) is 91.4 Å². The van der Waals surface area contributed by atoms with Gasteiger partial charge in [-0.3, -0.25) is 15.5 Å². The summed E-state index contributed by atoms with van der Waals surface area (Å²) in [5.74, 6) is 0.369. The van der Waals surface area contributed by atoms with E-state index < -0.39 is 4.92 Å². The number of nitrogens with zero attached hydrogens (tertiary/aromatic N) is 3. The van der Waals surface area contributed by atoms with Crippen LogP contribution in [0.1, 0.15) is 11.1 Å². The first-order valence-corrected chi connectivity index (χ1v) is 9.16. The van der Waals surface area contributed by atoms with Crippen molar-refractivity contribution < 1.29 is 14.1 Å². The fourth-order valence-electron chi connectivity index (χ4n) is 2.28. The van der Waals surface area contributed by atoms with Crippen LogP contribution in [0, 0.1) is 19.5 Å². The molecule has 1 N–H and O–H groups in total. The van der Waals surface area contributed by atoms with Crippen molar-refractivity contribution >= 4 is 40.3 Å². The van der Waals surface area contributed by atoms with E-state index in [0.29, 0.717) is 11.3 Å². The van der Waals surface area contributed by atoms with Gasteiger partial charge >= 0.3 is 5.69 Å². The molecule has 0 saturated carbocycles. The number of anilines is 1. The second-order valence-corrected chi connectivity index (χ2v) is 6.73. The average Bonchev–Trinajstić information content (AvgIpc) is 2.69. The highest BCUT2D eigenvalue weighted by molar-refractivity contribution is 14.1. The lowest BCUT2D eigenvalue weighted by Gasteiger charge is -2.09. The van der Waals surface area contributed by atoms with Crippen LogP contribution < -0.4 is 10.2 Å². The Bertz CT molecular complexity index is 1030. The second kappa shape index (κ2) is 9.22. The number of hydrogen-bond acceptors (Lipinski definition) is 6. The van der Waals surface area contributed by atoms with Gasteiger partial charge in [0.1, 0.15) is 18.2 Å². The zero-order chi connectivity index (χ0) is 19.9. The molecule has 0 atom stereocenters. The van der Waals surface area contributed by atoms with E-state index >= 15 is 0 Å². The summed E-state index contributed by atoms with van der Waals surface area (Å²) in [7, 11) is 0. The molecule has 28 heavy (non-hydrogen) atoms. The number of hydrazone groups is 1. The number of hydrogen-bond donors (Lipinski definition) is 1. The molecule has 0 aliphatic carbocycles. The topological polar surface area (TPSA) is 89.7 Å². The van der Waals surface area contributed by atoms with Crippen LogP contribution in [-0.2, 0) is 6.61 Å². The number of ether oxygens (including phenoxy) is 1. The maximum absolute atomic E-state index is 13.7. The average molecular weight is 492 g/mol. The lowest BCUT2D eigenvalue weighted by Crippen LogP contribution is -2.00. The molecule has 0 spiro atoms. The van der Waals surface area contributed by atoms with E-state index in [1.54, 1.807) is 30.3 Å². The molecular weight excluding hydrogens is 478 g/mol. The standard InChI is InChI=1S/C19H14FIN4O3/c20-15-5-2-1-4-14(15)12-28-18-8-7-13(10-16(18)21)11-23-24-19-17(25(26)27)6-3-9-22-19/h1-11H,12H2,(H,22,24)/b23-11-. The first-order valence-electron chi connectivity index (χ1n) is 8.09. The third kappa shape index (κ3) is 5.00. The Morgan fingerprint density at radius 3 is 2.82 bits per heavy atom. The van der Waals surface area contributed by atoms with E-state index in [2.05, 4.69) is 38.1 Å². The minimum Gasteiger partial charge on any atom is -0.488 e. The van der Waals surface area contributed by atoms with Crippen LogP contribution >= 0.6 is 22.6 Å². The van der Waals surface area contributed by atoms with Crippen LogP contribution in [0.5, 0.6) is 5.75 Å². The molecule has 9 heteroatoms. The smallest absolute Gasteiger partial charge is 0.313 e. The molecular formula is C19H14FIN4O3. The van der Waals surface area contributed by atoms with E-state index in [9.17, 15) is 14.5 Å². The maximum Gasteiger partial charge on any atom is 0.313 e. The van der Waals surface area contributed by atoms with Crippen LogP contribution in [0.25, 0.3) is 0 Å². The molecule has 1 aromatic heterocycles. The van der Waals surface area contributed by atoms with Gasteiger partial charge in [0.25, 0.3) is 0 Å². The minimum absolute atomic E-state index is 0.0586. The zero-order valence-corrected chi connectivity index (χ0v) is 16.5. The van der Waals surface area contributed by atoms with Crippen molar-refractivity contribution in [3.8, 4) is 5.75 Å². The van der Waals surface area contributed by atoms with Crippen molar-refractivity contribution in [3.63, 3.8) is 0 Å². The van der Waals surface area contributed by atoms with E-state index in [0.717, 1.165) is 9.13 Å². The SMILES string of the molecule is O=[N+]([O-])c1cccnc1N/N=C\c1ccc(OCc2ccccc2F)c(I)c1. The van der Waals surface area contributed by atoms with Gasteiger partial charge in [-0.2, -0.15) is 5.10 Å². The van der Waals surface area contributed by atoms with E-state index in [4.69, 9.17) is 4.74 Å². The number of pyridine rings is 1. The van der Waals surface area contributed by atoms with Gasteiger partial charge in [0.15, 0.2) is 0 Å². The Balaban J connectivity index is 1.65. The Morgan fingerprint density at radius 2 is 2.07 bits per heavy atom. The van der Waals surface area contributed by atoms with Gasteiger partial charge < -0.3 is 4.74 Å². The lowest BCUT2D eigenvalue weighted by atomic mass is 10.2. The largest absolute Gasteiger partial charge is 0.488 e. The highest BCUT2D eigenvalue weighted by atomic mass is 127. The summed E-state index contributed by atoms with van der Waals surface area (Å²) >= 11 is 2.11. The molecule has 0 unspecified atom stereocenters. The predicted molar refractivity (Wildman–Crippen MR) is 112 cm³/mol. The van der Waals surface area contributed by atoms with E-state index in [-0.39, 0.29) is 23.9 Å². The van der Waals surface area contributed by atoms with Crippen LogP contribution in [0.3, 0.4) is 0 Å². The third-order valence-electron chi connectivity index (χ3n) is 3.66. The number of nitro groups is 1. The fourth-order valence-corrected chi connectivity index (χ4v) is 2.98. The second-order valence-electron chi connectivity index (χ2n) is 5.57. The molecule has 3 aromatic rings. The van der Waals surface area contributed by atoms with Crippen molar-refractivity contribution in [2.24, 2.45) is 5.10 Å². The Kier molecular flexibility index (Phi) is 6.48. The van der Waals surface area contributed by atoms with Gasteiger partial charge in [-0.25, -0.2) is 9.37 Å². The van der Waals surface area contributed by atoms with Crippen LogP contribution in [0.15, 0.2) is 65.9 Å². The first-order chi connectivity index (χ1) is 13.5. The maximum atomic E-state index is 13.7. The molecule has 0 radical (unpaired) electrons. The zero-order valence-electron chi connectivity index (χ0n) is 14.4. The number of aromatic nitrogens is 1. The summed E-state index contributed by atoms with van der Waals surface area (Å²) in [6.45, 7) is 0.126. The van der Waals surface area contributed by atoms with Crippen molar-refractivity contribution in [1.82, 2.24) is 4.98 Å². The summed E-state index contributed by atoms with van der Waals surface area (Å²) < 4.78 is 20.2. The molecule has 0 saturated heterocycles. The summed E-state index contributed by atoms with van der Waals surface area (Å²) in [5, 5.41) is 15.0. The van der Waals surface area contributed by atoms with Crippen LogP contribution in [0.4, 0.5) is 15.9 Å². The van der Waals surface area contributed by atoms with Crippen LogP contribution in [0.2, 0.25) is 0 Å². The minimum atomic E-state index is -0.532.